The van der Waals surface area contributed by atoms with E-state index in [1.165, 1.54) is 12.1 Å². The Bertz CT molecular complexity index is 349. The number of hydrogen-bond donors (Lipinski definition) is 3. The number of nitrogens with two attached hydrogens (primary N) is 3. The molecule has 6 heteroatoms. The molecule has 3 nitrogen and oxygen atoms in total. The molecule has 0 aliphatic rings. The van der Waals surface area contributed by atoms with Gasteiger partial charge in [0.2, 0.25) is 0 Å². The SMILES string of the molecule is NC[C@H](N)c1cccc(C(F)(F)F)c1N. The molecule has 6 N–H and O–H groups in total. The fraction of sp³-hybridized carbons (Fsp3) is 0.333. The van der Waals surface area contributed by atoms with Gasteiger partial charge in [0.25, 0.3) is 0 Å². The van der Waals surface area contributed by atoms with Gasteiger partial charge in [-0.25, -0.2) is 0 Å². The molecular formula is C9H12F3N3. The van der Waals surface area contributed by atoms with Gasteiger partial charge in [0, 0.05) is 18.3 Å². The van der Waals surface area contributed by atoms with E-state index in [0.29, 0.717) is 0 Å². The molecule has 0 aromatic heterocycles. The van der Waals surface area contributed by atoms with E-state index in [9.17, 15) is 13.2 Å². The molecule has 0 spiro atoms. The summed E-state index contributed by atoms with van der Waals surface area (Å²) >= 11 is 0. The van der Waals surface area contributed by atoms with Crippen molar-refractivity contribution in [3.05, 3.63) is 29.3 Å². The van der Waals surface area contributed by atoms with Gasteiger partial charge >= 0.3 is 6.18 Å². The average molecular weight is 219 g/mol. The Morgan fingerprint density at radius 3 is 2.33 bits per heavy atom. The molecule has 0 fully saturated rings. The molecule has 0 bridgehead atoms. The zero-order valence-corrected chi connectivity index (χ0v) is 7.88. The van der Waals surface area contributed by atoms with Crippen LogP contribution < -0.4 is 17.2 Å². The van der Waals surface area contributed by atoms with Gasteiger partial charge in [-0.15, -0.1) is 0 Å². The minimum Gasteiger partial charge on any atom is -0.398 e. The summed E-state index contributed by atoms with van der Waals surface area (Å²) in [5, 5.41) is 0. The zero-order chi connectivity index (χ0) is 11.6. The summed E-state index contributed by atoms with van der Waals surface area (Å²) in [6, 6.07) is 2.96. The Balaban J connectivity index is 3.23. The molecule has 0 heterocycles. The molecule has 1 rings (SSSR count). The van der Waals surface area contributed by atoms with E-state index < -0.39 is 17.8 Å². The van der Waals surface area contributed by atoms with Gasteiger partial charge in [0.1, 0.15) is 0 Å². The van der Waals surface area contributed by atoms with Crippen LogP contribution in [0.5, 0.6) is 0 Å². The number of alkyl halides is 3. The van der Waals surface area contributed by atoms with Crippen LogP contribution in [0.15, 0.2) is 18.2 Å². The van der Waals surface area contributed by atoms with E-state index in [1.807, 2.05) is 0 Å². The van der Waals surface area contributed by atoms with Crippen molar-refractivity contribution in [3.8, 4) is 0 Å². The lowest BCUT2D eigenvalue weighted by Gasteiger charge is -2.16. The van der Waals surface area contributed by atoms with Gasteiger partial charge in [0.05, 0.1) is 5.56 Å². The Morgan fingerprint density at radius 1 is 1.27 bits per heavy atom. The lowest BCUT2D eigenvalue weighted by molar-refractivity contribution is -0.136. The van der Waals surface area contributed by atoms with Crippen molar-refractivity contribution in [2.24, 2.45) is 11.5 Å². The molecule has 1 atom stereocenters. The molecule has 0 unspecified atom stereocenters. The topological polar surface area (TPSA) is 78.1 Å². The van der Waals surface area contributed by atoms with Crippen LogP contribution in [-0.2, 0) is 6.18 Å². The van der Waals surface area contributed by atoms with Gasteiger partial charge in [-0.2, -0.15) is 13.2 Å². The van der Waals surface area contributed by atoms with Gasteiger partial charge < -0.3 is 17.2 Å². The largest absolute Gasteiger partial charge is 0.418 e. The highest BCUT2D eigenvalue weighted by molar-refractivity contribution is 5.56. The minimum absolute atomic E-state index is 0.0471. The zero-order valence-electron chi connectivity index (χ0n) is 7.88. The average Bonchev–Trinajstić information content (AvgIpc) is 2.15. The number of anilines is 1. The van der Waals surface area contributed by atoms with Crippen molar-refractivity contribution in [1.82, 2.24) is 0 Å². The van der Waals surface area contributed by atoms with Gasteiger partial charge in [-0.3, -0.25) is 0 Å². The second-order valence-corrected chi connectivity index (χ2v) is 3.15. The summed E-state index contributed by atoms with van der Waals surface area (Å²) in [6.45, 7) is 0.0471. The molecule has 0 amide bonds. The first-order valence-electron chi connectivity index (χ1n) is 4.29. The highest BCUT2D eigenvalue weighted by atomic mass is 19.4. The number of nitrogen functional groups attached to an aromatic ring is 1. The van der Waals surface area contributed by atoms with E-state index in [-0.39, 0.29) is 17.8 Å². The van der Waals surface area contributed by atoms with Crippen molar-refractivity contribution in [1.29, 1.82) is 0 Å². The van der Waals surface area contributed by atoms with E-state index in [1.54, 1.807) is 0 Å². The third-order valence-electron chi connectivity index (χ3n) is 2.10. The van der Waals surface area contributed by atoms with Gasteiger partial charge in [-0.1, -0.05) is 12.1 Å². The maximum absolute atomic E-state index is 12.4. The van der Waals surface area contributed by atoms with Crippen molar-refractivity contribution < 1.29 is 13.2 Å². The molecule has 15 heavy (non-hydrogen) atoms. The van der Waals surface area contributed by atoms with Crippen molar-refractivity contribution in [2.75, 3.05) is 12.3 Å². The van der Waals surface area contributed by atoms with E-state index in [4.69, 9.17) is 17.2 Å². The highest BCUT2D eigenvalue weighted by Crippen LogP contribution is 2.36. The van der Waals surface area contributed by atoms with Crippen LogP contribution in [0.4, 0.5) is 18.9 Å². The summed E-state index contributed by atoms with van der Waals surface area (Å²) in [7, 11) is 0. The molecule has 1 aromatic rings. The van der Waals surface area contributed by atoms with E-state index >= 15 is 0 Å². The van der Waals surface area contributed by atoms with Crippen LogP contribution in [0, 0.1) is 0 Å². The van der Waals surface area contributed by atoms with Crippen LogP contribution in [0.2, 0.25) is 0 Å². The third-order valence-corrected chi connectivity index (χ3v) is 2.10. The molecule has 0 saturated heterocycles. The third kappa shape index (κ3) is 2.40. The highest BCUT2D eigenvalue weighted by Gasteiger charge is 2.33. The second kappa shape index (κ2) is 4.08. The quantitative estimate of drug-likeness (QED) is 0.655. The summed E-state index contributed by atoms with van der Waals surface area (Å²) < 4.78 is 37.3. The summed E-state index contributed by atoms with van der Waals surface area (Å²) in [6.07, 6.45) is -4.46. The number of rotatable bonds is 2. The van der Waals surface area contributed by atoms with Crippen molar-refractivity contribution in [3.63, 3.8) is 0 Å². The summed E-state index contributed by atoms with van der Waals surface area (Å²) in [5.41, 5.74) is 15.2. The lowest BCUT2D eigenvalue weighted by Crippen LogP contribution is -2.23. The molecular weight excluding hydrogens is 207 g/mol. The minimum atomic E-state index is -4.46. The molecule has 0 saturated carbocycles. The normalized spacial score (nSPS) is 13.9. The summed E-state index contributed by atoms with van der Waals surface area (Å²) in [5.74, 6) is 0. The lowest BCUT2D eigenvalue weighted by atomic mass is 10.0. The smallest absolute Gasteiger partial charge is 0.398 e. The van der Waals surface area contributed by atoms with Crippen molar-refractivity contribution >= 4 is 5.69 Å². The van der Waals surface area contributed by atoms with Gasteiger partial charge in [0.15, 0.2) is 0 Å². The maximum Gasteiger partial charge on any atom is 0.418 e. The first-order valence-corrected chi connectivity index (χ1v) is 4.29. The number of hydrogen-bond acceptors (Lipinski definition) is 3. The van der Waals surface area contributed by atoms with Gasteiger partial charge in [-0.05, 0) is 11.6 Å². The standard InChI is InChI=1S/C9H12F3N3/c10-9(11,12)6-3-1-2-5(8(6)15)7(14)4-13/h1-3,7H,4,13-15H2/t7-/m0/s1. The van der Waals surface area contributed by atoms with Crippen LogP contribution in [0.25, 0.3) is 0 Å². The number of halogens is 3. The fourth-order valence-corrected chi connectivity index (χ4v) is 1.28. The van der Waals surface area contributed by atoms with E-state index in [0.717, 1.165) is 6.07 Å². The van der Waals surface area contributed by atoms with E-state index in [2.05, 4.69) is 0 Å². The fourth-order valence-electron chi connectivity index (χ4n) is 1.28. The number of para-hydroxylation sites is 1. The van der Waals surface area contributed by atoms with Crippen LogP contribution >= 0.6 is 0 Å². The Kier molecular flexibility index (Phi) is 3.21. The molecule has 1 aromatic carbocycles. The maximum atomic E-state index is 12.4. The predicted molar refractivity (Wildman–Crippen MR) is 51.8 cm³/mol. The molecule has 0 radical (unpaired) electrons. The number of benzene rings is 1. The summed E-state index contributed by atoms with van der Waals surface area (Å²) in [4.78, 5) is 0. The first-order chi connectivity index (χ1) is 6.88. The Labute approximate surface area is 85.0 Å². The van der Waals surface area contributed by atoms with Crippen molar-refractivity contribution in [2.45, 2.75) is 12.2 Å². The van der Waals surface area contributed by atoms with Crippen LogP contribution in [-0.4, -0.2) is 6.54 Å². The Morgan fingerprint density at radius 2 is 1.87 bits per heavy atom. The molecule has 0 aliphatic heterocycles. The van der Waals surface area contributed by atoms with Crippen LogP contribution in [0.3, 0.4) is 0 Å². The first kappa shape index (κ1) is 11.8. The van der Waals surface area contributed by atoms with Crippen LogP contribution in [0.1, 0.15) is 17.2 Å². The second-order valence-electron chi connectivity index (χ2n) is 3.15. The predicted octanol–water partition coefficient (Wildman–Crippen LogP) is 1.25. The Hall–Kier alpha value is -1.27. The molecule has 0 aliphatic carbocycles. The molecule has 84 valence electrons. The monoisotopic (exact) mass is 219 g/mol.